The Hall–Kier alpha value is -2.46. The maximum Gasteiger partial charge on any atom is 0.163 e. The number of nitrogens with zero attached hydrogens (tertiary/aromatic N) is 2. The smallest absolute Gasteiger partial charge is 0.163 e. The van der Waals surface area contributed by atoms with Crippen molar-refractivity contribution in [1.29, 1.82) is 0 Å². The van der Waals surface area contributed by atoms with Crippen molar-refractivity contribution in [1.82, 2.24) is 9.97 Å². The first-order valence-corrected chi connectivity index (χ1v) is 7.67. The van der Waals surface area contributed by atoms with Crippen molar-refractivity contribution in [2.75, 3.05) is 11.9 Å². The predicted octanol–water partition coefficient (Wildman–Crippen LogP) is 4.59. The molecular formula is C18H15ClFN3. The molecule has 0 saturated carbocycles. The number of hydrogen-bond acceptors (Lipinski definition) is 3. The predicted molar refractivity (Wildman–Crippen MR) is 91.1 cm³/mol. The third kappa shape index (κ3) is 4.27. The van der Waals surface area contributed by atoms with Gasteiger partial charge in [0.15, 0.2) is 5.82 Å². The molecule has 3 nitrogen and oxygen atoms in total. The normalized spacial score (nSPS) is 10.5. The molecule has 2 aromatic carbocycles. The molecule has 0 aliphatic heterocycles. The van der Waals surface area contributed by atoms with E-state index >= 15 is 0 Å². The molecule has 0 fully saturated rings. The fourth-order valence-corrected chi connectivity index (χ4v) is 2.40. The van der Waals surface area contributed by atoms with Gasteiger partial charge >= 0.3 is 0 Å². The van der Waals surface area contributed by atoms with Crippen LogP contribution in [-0.4, -0.2) is 16.5 Å². The van der Waals surface area contributed by atoms with Gasteiger partial charge in [0, 0.05) is 18.2 Å². The van der Waals surface area contributed by atoms with Crippen molar-refractivity contribution in [3.05, 3.63) is 77.2 Å². The first-order valence-electron chi connectivity index (χ1n) is 7.29. The fraction of sp³-hybridized carbons (Fsp3) is 0.111. The van der Waals surface area contributed by atoms with Gasteiger partial charge in [0.1, 0.15) is 16.8 Å². The molecule has 0 unspecified atom stereocenters. The number of benzene rings is 2. The first-order chi connectivity index (χ1) is 11.2. The molecule has 0 atom stereocenters. The zero-order valence-corrected chi connectivity index (χ0v) is 13.1. The highest BCUT2D eigenvalue weighted by molar-refractivity contribution is 6.29. The van der Waals surface area contributed by atoms with E-state index in [4.69, 9.17) is 11.6 Å². The summed E-state index contributed by atoms with van der Waals surface area (Å²) in [7, 11) is 0. The molecule has 0 radical (unpaired) electrons. The zero-order valence-electron chi connectivity index (χ0n) is 12.3. The highest BCUT2D eigenvalue weighted by Crippen LogP contribution is 2.20. The van der Waals surface area contributed by atoms with Crippen LogP contribution in [0.4, 0.5) is 10.2 Å². The molecule has 5 heteroatoms. The van der Waals surface area contributed by atoms with E-state index in [0.717, 1.165) is 18.5 Å². The summed E-state index contributed by atoms with van der Waals surface area (Å²) in [6.45, 7) is 0.736. The maximum absolute atomic E-state index is 13.0. The van der Waals surface area contributed by atoms with E-state index in [1.807, 2.05) is 18.2 Å². The maximum atomic E-state index is 13.0. The monoisotopic (exact) mass is 327 g/mol. The molecular weight excluding hydrogens is 313 g/mol. The molecule has 0 aliphatic rings. The van der Waals surface area contributed by atoms with Crippen molar-refractivity contribution in [2.45, 2.75) is 6.42 Å². The third-order valence-corrected chi connectivity index (χ3v) is 3.55. The third-order valence-electron chi connectivity index (χ3n) is 3.36. The fourth-order valence-electron chi connectivity index (χ4n) is 2.22. The molecule has 1 heterocycles. The number of halogens is 2. The summed E-state index contributed by atoms with van der Waals surface area (Å²) in [5, 5.41) is 3.59. The Labute approximate surface area is 139 Å². The van der Waals surface area contributed by atoms with Gasteiger partial charge in [-0.15, -0.1) is 0 Å². The lowest BCUT2D eigenvalue weighted by Gasteiger charge is -2.08. The Kier molecular flexibility index (Phi) is 4.83. The summed E-state index contributed by atoms with van der Waals surface area (Å²) >= 11 is 6.06. The largest absolute Gasteiger partial charge is 0.370 e. The lowest BCUT2D eigenvalue weighted by atomic mass is 10.1. The topological polar surface area (TPSA) is 37.8 Å². The Morgan fingerprint density at radius 2 is 1.70 bits per heavy atom. The SMILES string of the molecule is Fc1ccc(-c2nc(Cl)cc(NCCc3ccccc3)n2)cc1. The number of aromatic nitrogens is 2. The van der Waals surface area contributed by atoms with Crippen LogP contribution in [0, 0.1) is 5.82 Å². The highest BCUT2D eigenvalue weighted by Gasteiger charge is 2.06. The molecule has 23 heavy (non-hydrogen) atoms. The van der Waals surface area contributed by atoms with Crippen LogP contribution in [0.3, 0.4) is 0 Å². The Morgan fingerprint density at radius 3 is 2.43 bits per heavy atom. The lowest BCUT2D eigenvalue weighted by Crippen LogP contribution is -2.07. The lowest BCUT2D eigenvalue weighted by molar-refractivity contribution is 0.628. The summed E-state index contributed by atoms with van der Waals surface area (Å²) in [4.78, 5) is 8.63. The second-order valence-electron chi connectivity index (χ2n) is 5.07. The Balaban J connectivity index is 1.71. The van der Waals surface area contributed by atoms with E-state index in [9.17, 15) is 4.39 Å². The molecule has 0 spiro atoms. The number of rotatable bonds is 5. The Bertz CT molecular complexity index is 776. The van der Waals surface area contributed by atoms with Crippen LogP contribution in [0.15, 0.2) is 60.7 Å². The molecule has 1 aromatic heterocycles. The van der Waals surface area contributed by atoms with Crippen molar-refractivity contribution < 1.29 is 4.39 Å². The van der Waals surface area contributed by atoms with Gasteiger partial charge in [-0.25, -0.2) is 14.4 Å². The molecule has 0 aliphatic carbocycles. The van der Waals surface area contributed by atoms with Gasteiger partial charge in [0.25, 0.3) is 0 Å². The van der Waals surface area contributed by atoms with Crippen molar-refractivity contribution in [2.24, 2.45) is 0 Å². The van der Waals surface area contributed by atoms with E-state index < -0.39 is 0 Å². The summed E-state index contributed by atoms with van der Waals surface area (Å²) in [6, 6.07) is 17.9. The van der Waals surface area contributed by atoms with E-state index in [1.165, 1.54) is 17.7 Å². The summed E-state index contributed by atoms with van der Waals surface area (Å²) < 4.78 is 13.0. The minimum absolute atomic E-state index is 0.294. The van der Waals surface area contributed by atoms with Crippen LogP contribution in [0.5, 0.6) is 0 Å². The van der Waals surface area contributed by atoms with Crippen molar-refractivity contribution >= 4 is 17.4 Å². The number of nitrogens with one attached hydrogen (secondary N) is 1. The molecule has 116 valence electrons. The molecule has 0 amide bonds. The zero-order chi connectivity index (χ0) is 16.1. The second kappa shape index (κ2) is 7.20. The Morgan fingerprint density at radius 1 is 0.957 bits per heavy atom. The standard InChI is InChI=1S/C18H15ClFN3/c19-16-12-17(21-11-10-13-4-2-1-3-5-13)23-18(22-16)14-6-8-15(20)9-7-14/h1-9,12H,10-11H2,(H,21,22,23). The molecule has 3 rings (SSSR count). The molecule has 0 saturated heterocycles. The molecule has 1 N–H and O–H groups in total. The van der Waals surface area contributed by atoms with Gasteiger partial charge < -0.3 is 5.32 Å². The van der Waals surface area contributed by atoms with E-state index in [2.05, 4.69) is 27.4 Å². The number of anilines is 1. The van der Waals surface area contributed by atoms with Gasteiger partial charge in [-0.3, -0.25) is 0 Å². The average Bonchev–Trinajstić information content (AvgIpc) is 2.56. The van der Waals surface area contributed by atoms with Crippen LogP contribution < -0.4 is 5.32 Å². The quantitative estimate of drug-likeness (QED) is 0.696. The first kappa shape index (κ1) is 15.4. The number of hydrogen-bond donors (Lipinski definition) is 1. The van der Waals surface area contributed by atoms with Crippen LogP contribution in [0.25, 0.3) is 11.4 Å². The van der Waals surface area contributed by atoms with Crippen LogP contribution in [0.2, 0.25) is 5.15 Å². The van der Waals surface area contributed by atoms with E-state index in [-0.39, 0.29) is 5.82 Å². The highest BCUT2D eigenvalue weighted by atomic mass is 35.5. The van der Waals surface area contributed by atoms with Crippen molar-refractivity contribution in [3.63, 3.8) is 0 Å². The van der Waals surface area contributed by atoms with Crippen LogP contribution in [0.1, 0.15) is 5.56 Å². The minimum Gasteiger partial charge on any atom is -0.370 e. The van der Waals surface area contributed by atoms with Crippen LogP contribution >= 0.6 is 11.6 Å². The molecule has 0 bridgehead atoms. The minimum atomic E-state index is -0.294. The van der Waals surface area contributed by atoms with E-state index in [1.54, 1.807) is 18.2 Å². The average molecular weight is 328 g/mol. The van der Waals surface area contributed by atoms with Gasteiger partial charge in [-0.1, -0.05) is 41.9 Å². The van der Waals surface area contributed by atoms with Gasteiger partial charge in [-0.05, 0) is 36.2 Å². The molecule has 3 aromatic rings. The second-order valence-corrected chi connectivity index (χ2v) is 5.46. The van der Waals surface area contributed by atoms with Gasteiger partial charge in [0.2, 0.25) is 0 Å². The van der Waals surface area contributed by atoms with Gasteiger partial charge in [-0.2, -0.15) is 0 Å². The van der Waals surface area contributed by atoms with Crippen LogP contribution in [-0.2, 0) is 6.42 Å². The summed E-state index contributed by atoms with van der Waals surface area (Å²) in [6.07, 6.45) is 0.883. The van der Waals surface area contributed by atoms with Gasteiger partial charge in [0.05, 0.1) is 0 Å². The van der Waals surface area contributed by atoms with Crippen molar-refractivity contribution in [3.8, 4) is 11.4 Å². The summed E-state index contributed by atoms with van der Waals surface area (Å²) in [5.41, 5.74) is 1.97. The van der Waals surface area contributed by atoms with E-state index in [0.29, 0.717) is 16.8 Å². The summed E-state index contributed by atoms with van der Waals surface area (Å²) in [5.74, 6) is 0.831.